The molecule has 0 bridgehead atoms. The summed E-state index contributed by atoms with van der Waals surface area (Å²) in [5.74, 6) is 0.492. The smallest absolute Gasteiger partial charge is 0.319 e. The zero-order valence-corrected chi connectivity index (χ0v) is 18.8. The average Bonchev–Trinajstić information content (AvgIpc) is 2.62. The molecule has 0 aliphatic heterocycles. The third-order valence-corrected chi connectivity index (χ3v) is 5.06. The summed E-state index contributed by atoms with van der Waals surface area (Å²) in [4.78, 5) is 11.7. The number of esters is 1. The topological polar surface area (TPSA) is 38.3 Å². The summed E-state index contributed by atoms with van der Waals surface area (Å²) in [5.41, 5.74) is 1.38. The number of ether oxygens (including phenoxy) is 1. The van der Waals surface area contributed by atoms with Crippen LogP contribution in [-0.2, 0) is 9.53 Å². The van der Waals surface area contributed by atoms with Crippen molar-refractivity contribution in [3.63, 3.8) is 0 Å². The first kappa shape index (κ1) is 26.2. The maximum atomic E-state index is 11.7. The van der Waals surface area contributed by atoms with Gasteiger partial charge >= 0.3 is 5.97 Å². The number of hydrogen-bond acceptors (Lipinski definition) is 3. The lowest BCUT2D eigenvalue weighted by molar-refractivity contribution is -0.142. The van der Waals surface area contributed by atoms with Crippen molar-refractivity contribution in [2.75, 3.05) is 19.7 Å². The quantitative estimate of drug-likeness (QED) is 0.152. The maximum Gasteiger partial charge on any atom is 0.319 e. The molecule has 0 fully saturated rings. The first-order chi connectivity index (χ1) is 13.1. The van der Waals surface area contributed by atoms with Crippen LogP contribution in [0.15, 0.2) is 11.6 Å². The standard InChI is InChI=1S/C24H47NO2/c1-5-6-7-8-9-10-11-12-13-14-19-25-21-24(26)27-20-18-23(4)17-15-16-22(2)3/h16,23,25H,5-15,17-21H2,1-4H3. The molecule has 0 aromatic rings. The van der Waals surface area contributed by atoms with E-state index in [1.165, 1.54) is 69.8 Å². The molecule has 0 saturated carbocycles. The summed E-state index contributed by atoms with van der Waals surface area (Å²) < 4.78 is 5.32. The monoisotopic (exact) mass is 381 g/mol. The molecular weight excluding hydrogens is 334 g/mol. The van der Waals surface area contributed by atoms with Crippen LogP contribution >= 0.6 is 0 Å². The van der Waals surface area contributed by atoms with E-state index < -0.39 is 0 Å². The van der Waals surface area contributed by atoms with Crippen molar-refractivity contribution in [1.82, 2.24) is 5.32 Å². The van der Waals surface area contributed by atoms with Crippen LogP contribution in [0.25, 0.3) is 0 Å². The zero-order valence-electron chi connectivity index (χ0n) is 18.8. The molecule has 0 spiro atoms. The molecule has 0 radical (unpaired) electrons. The van der Waals surface area contributed by atoms with Crippen molar-refractivity contribution >= 4 is 5.97 Å². The Morgan fingerprint density at radius 3 is 2.11 bits per heavy atom. The van der Waals surface area contributed by atoms with E-state index in [0.717, 1.165) is 25.8 Å². The highest BCUT2D eigenvalue weighted by Crippen LogP contribution is 2.12. The molecule has 0 aromatic carbocycles. The summed E-state index contributed by atoms with van der Waals surface area (Å²) in [6.45, 7) is 10.6. The Kier molecular flexibility index (Phi) is 19.3. The number of allylic oxidation sites excluding steroid dienone is 2. The fraction of sp³-hybridized carbons (Fsp3) is 0.875. The van der Waals surface area contributed by atoms with Crippen molar-refractivity contribution in [2.45, 2.75) is 111 Å². The summed E-state index contributed by atoms with van der Waals surface area (Å²) in [6.07, 6.45) is 19.0. The van der Waals surface area contributed by atoms with Crippen LogP contribution in [0.1, 0.15) is 111 Å². The van der Waals surface area contributed by atoms with Gasteiger partial charge in [-0.3, -0.25) is 4.79 Å². The molecular formula is C24H47NO2. The number of carbonyl (C=O) groups is 1. The van der Waals surface area contributed by atoms with Gasteiger partial charge in [-0.05, 0) is 52.0 Å². The van der Waals surface area contributed by atoms with Gasteiger partial charge in [0, 0.05) is 0 Å². The predicted molar refractivity (Wildman–Crippen MR) is 118 cm³/mol. The molecule has 3 heteroatoms. The lowest BCUT2D eigenvalue weighted by Gasteiger charge is -2.11. The molecule has 27 heavy (non-hydrogen) atoms. The normalized spacial score (nSPS) is 12.0. The summed E-state index contributed by atoms with van der Waals surface area (Å²) in [6, 6.07) is 0. The van der Waals surface area contributed by atoms with E-state index in [-0.39, 0.29) is 5.97 Å². The highest BCUT2D eigenvalue weighted by Gasteiger charge is 2.05. The van der Waals surface area contributed by atoms with Gasteiger partial charge in [0.25, 0.3) is 0 Å². The predicted octanol–water partition coefficient (Wildman–Crippen LogP) is 6.81. The van der Waals surface area contributed by atoms with E-state index in [9.17, 15) is 4.79 Å². The molecule has 0 saturated heterocycles. The number of rotatable bonds is 19. The van der Waals surface area contributed by atoms with Gasteiger partial charge in [0.15, 0.2) is 0 Å². The fourth-order valence-corrected chi connectivity index (χ4v) is 3.15. The van der Waals surface area contributed by atoms with Gasteiger partial charge in [-0.15, -0.1) is 0 Å². The van der Waals surface area contributed by atoms with Crippen LogP contribution in [0.3, 0.4) is 0 Å². The van der Waals surface area contributed by atoms with Gasteiger partial charge < -0.3 is 10.1 Å². The van der Waals surface area contributed by atoms with E-state index in [0.29, 0.717) is 19.1 Å². The number of nitrogens with one attached hydrogen (secondary N) is 1. The van der Waals surface area contributed by atoms with Gasteiger partial charge in [0.2, 0.25) is 0 Å². The van der Waals surface area contributed by atoms with Crippen molar-refractivity contribution in [3.05, 3.63) is 11.6 Å². The minimum Gasteiger partial charge on any atom is -0.465 e. The van der Waals surface area contributed by atoms with Gasteiger partial charge in [-0.25, -0.2) is 0 Å². The summed E-state index contributed by atoms with van der Waals surface area (Å²) in [5, 5.41) is 3.21. The SMILES string of the molecule is CCCCCCCCCCCCNCC(=O)OCCC(C)CCC=C(C)C. The molecule has 1 N–H and O–H groups in total. The van der Waals surface area contributed by atoms with Gasteiger partial charge in [0.05, 0.1) is 13.2 Å². The summed E-state index contributed by atoms with van der Waals surface area (Å²) >= 11 is 0. The number of carbonyl (C=O) groups excluding carboxylic acids is 1. The number of unbranched alkanes of at least 4 members (excludes halogenated alkanes) is 9. The highest BCUT2D eigenvalue weighted by atomic mass is 16.5. The van der Waals surface area contributed by atoms with E-state index in [1.54, 1.807) is 0 Å². The first-order valence-corrected chi connectivity index (χ1v) is 11.6. The van der Waals surface area contributed by atoms with Crippen LogP contribution < -0.4 is 5.32 Å². The molecule has 0 amide bonds. The van der Waals surface area contributed by atoms with Crippen molar-refractivity contribution in [1.29, 1.82) is 0 Å². The van der Waals surface area contributed by atoms with Crippen molar-refractivity contribution in [3.8, 4) is 0 Å². The van der Waals surface area contributed by atoms with Crippen LogP contribution in [0.4, 0.5) is 0 Å². The number of hydrogen-bond donors (Lipinski definition) is 1. The van der Waals surface area contributed by atoms with E-state index in [1.807, 2.05) is 0 Å². The largest absolute Gasteiger partial charge is 0.465 e. The van der Waals surface area contributed by atoms with Gasteiger partial charge in [0.1, 0.15) is 0 Å². The Labute approximate surface area is 169 Å². The molecule has 0 aliphatic carbocycles. The average molecular weight is 382 g/mol. The van der Waals surface area contributed by atoms with Crippen molar-refractivity contribution in [2.24, 2.45) is 5.92 Å². The third kappa shape index (κ3) is 21.3. The Morgan fingerprint density at radius 1 is 0.926 bits per heavy atom. The summed E-state index contributed by atoms with van der Waals surface area (Å²) in [7, 11) is 0. The van der Waals surface area contributed by atoms with Crippen molar-refractivity contribution < 1.29 is 9.53 Å². The Balaban J connectivity index is 3.31. The molecule has 0 rings (SSSR count). The molecule has 160 valence electrons. The minimum atomic E-state index is -0.112. The van der Waals surface area contributed by atoms with E-state index in [4.69, 9.17) is 4.74 Å². The maximum absolute atomic E-state index is 11.7. The van der Waals surface area contributed by atoms with Crippen LogP contribution in [0.2, 0.25) is 0 Å². The van der Waals surface area contributed by atoms with Gasteiger partial charge in [-0.1, -0.05) is 83.3 Å². The zero-order chi connectivity index (χ0) is 20.2. The molecule has 1 atom stereocenters. The molecule has 1 unspecified atom stereocenters. The molecule has 0 heterocycles. The van der Waals surface area contributed by atoms with Gasteiger partial charge in [-0.2, -0.15) is 0 Å². The second-order valence-corrected chi connectivity index (χ2v) is 8.33. The fourth-order valence-electron chi connectivity index (χ4n) is 3.15. The lowest BCUT2D eigenvalue weighted by Crippen LogP contribution is -2.26. The Hall–Kier alpha value is -0.830. The minimum absolute atomic E-state index is 0.112. The highest BCUT2D eigenvalue weighted by molar-refractivity contribution is 5.71. The second kappa shape index (κ2) is 19.9. The first-order valence-electron chi connectivity index (χ1n) is 11.6. The van der Waals surface area contributed by atoms with E-state index in [2.05, 4.69) is 39.1 Å². The Bertz CT molecular complexity index is 361. The third-order valence-electron chi connectivity index (χ3n) is 5.06. The van der Waals surface area contributed by atoms with Crippen LogP contribution in [0, 0.1) is 5.92 Å². The van der Waals surface area contributed by atoms with Crippen LogP contribution in [0.5, 0.6) is 0 Å². The second-order valence-electron chi connectivity index (χ2n) is 8.33. The molecule has 0 aromatic heterocycles. The van der Waals surface area contributed by atoms with E-state index >= 15 is 0 Å². The molecule has 3 nitrogen and oxygen atoms in total. The molecule has 0 aliphatic rings. The Morgan fingerprint density at radius 2 is 1.52 bits per heavy atom. The van der Waals surface area contributed by atoms with Crippen LogP contribution in [-0.4, -0.2) is 25.7 Å². The lowest BCUT2D eigenvalue weighted by atomic mass is 10.0.